The third-order valence-electron chi connectivity index (χ3n) is 5.14. The smallest absolute Gasteiger partial charge is 0.227 e. The molecule has 1 aromatic heterocycles. The fourth-order valence-corrected chi connectivity index (χ4v) is 3.56. The fourth-order valence-electron chi connectivity index (χ4n) is 3.56. The van der Waals surface area contributed by atoms with E-state index in [0.717, 1.165) is 18.6 Å². The molecular weight excluding hydrogens is 420 g/mol. The Morgan fingerprint density at radius 2 is 2.09 bits per heavy atom. The van der Waals surface area contributed by atoms with Crippen molar-refractivity contribution in [3.05, 3.63) is 60.1 Å². The summed E-state index contributed by atoms with van der Waals surface area (Å²) in [6.45, 7) is 0.640. The van der Waals surface area contributed by atoms with E-state index in [-0.39, 0.29) is 41.9 Å². The van der Waals surface area contributed by atoms with E-state index in [2.05, 4.69) is 10.3 Å². The minimum Gasteiger partial charge on any atom is -0.494 e. The Balaban J connectivity index is 1.37. The van der Waals surface area contributed by atoms with E-state index in [0.29, 0.717) is 30.1 Å². The maximum atomic E-state index is 13.9. The van der Waals surface area contributed by atoms with E-state index in [1.54, 1.807) is 23.1 Å². The Kier molecular flexibility index (Phi) is 6.16. The number of anilines is 2. The van der Waals surface area contributed by atoms with E-state index >= 15 is 0 Å². The van der Waals surface area contributed by atoms with E-state index in [9.17, 15) is 18.4 Å². The zero-order valence-electron chi connectivity index (χ0n) is 17.4. The van der Waals surface area contributed by atoms with E-state index in [1.807, 2.05) is 0 Å². The molecule has 2 amide bonds. The molecule has 1 aliphatic heterocycles. The molecule has 1 fully saturated rings. The number of hydrogen-bond acceptors (Lipinski definition) is 5. The summed E-state index contributed by atoms with van der Waals surface area (Å²) >= 11 is 0. The minimum atomic E-state index is -0.751. The monoisotopic (exact) mass is 441 g/mol. The van der Waals surface area contributed by atoms with Crippen molar-refractivity contribution in [3.8, 4) is 17.1 Å². The van der Waals surface area contributed by atoms with Crippen LogP contribution in [0.2, 0.25) is 0 Å². The average Bonchev–Trinajstić information content (AvgIpc) is 3.41. The molecule has 1 saturated heterocycles. The number of nitrogens with zero attached hydrogens (tertiary/aromatic N) is 2. The van der Waals surface area contributed by atoms with Crippen LogP contribution in [0.25, 0.3) is 11.3 Å². The normalized spacial score (nSPS) is 13.5. The molecule has 0 spiro atoms. The number of carbonyl (C=O) groups excluding carboxylic acids is 2. The van der Waals surface area contributed by atoms with Crippen molar-refractivity contribution in [2.75, 3.05) is 23.9 Å². The van der Waals surface area contributed by atoms with Gasteiger partial charge in [0, 0.05) is 43.6 Å². The Labute approximate surface area is 183 Å². The SMILES string of the molecule is COc1cc(NC(=O)CCc2ncc(-c3ccc(F)cc3F)o2)ccc1N1CCCC1=O. The highest BCUT2D eigenvalue weighted by Crippen LogP contribution is 2.34. The molecular formula is C23H21F2N3O4. The Hall–Kier alpha value is -3.75. The summed E-state index contributed by atoms with van der Waals surface area (Å²) < 4.78 is 37.8. The number of rotatable bonds is 7. The third-order valence-corrected chi connectivity index (χ3v) is 5.14. The molecule has 7 nitrogen and oxygen atoms in total. The van der Waals surface area contributed by atoms with E-state index < -0.39 is 11.6 Å². The number of hydrogen-bond donors (Lipinski definition) is 1. The summed E-state index contributed by atoms with van der Waals surface area (Å²) in [5.74, 6) is -0.737. The molecule has 2 heterocycles. The second-order valence-corrected chi connectivity index (χ2v) is 7.33. The fraction of sp³-hybridized carbons (Fsp3) is 0.261. The molecule has 9 heteroatoms. The van der Waals surface area contributed by atoms with Crippen LogP contribution in [0.1, 0.15) is 25.2 Å². The summed E-state index contributed by atoms with van der Waals surface area (Å²) in [5.41, 5.74) is 1.30. The van der Waals surface area contributed by atoms with Crippen molar-refractivity contribution < 1.29 is 27.5 Å². The van der Waals surface area contributed by atoms with Gasteiger partial charge in [-0.25, -0.2) is 13.8 Å². The summed E-state index contributed by atoms with van der Waals surface area (Å²) in [4.78, 5) is 30.1. The van der Waals surface area contributed by atoms with Gasteiger partial charge in [0.1, 0.15) is 17.4 Å². The van der Waals surface area contributed by atoms with Crippen LogP contribution in [-0.2, 0) is 16.0 Å². The average molecular weight is 441 g/mol. The number of methoxy groups -OCH3 is 1. The molecule has 0 unspecified atom stereocenters. The van der Waals surface area contributed by atoms with Crippen LogP contribution in [0.3, 0.4) is 0 Å². The highest BCUT2D eigenvalue weighted by molar-refractivity contribution is 5.98. The largest absolute Gasteiger partial charge is 0.494 e. The van der Waals surface area contributed by atoms with Crippen LogP contribution in [0.15, 0.2) is 47.0 Å². The maximum absolute atomic E-state index is 13.9. The van der Waals surface area contributed by atoms with Crippen molar-refractivity contribution in [2.24, 2.45) is 0 Å². The van der Waals surface area contributed by atoms with Gasteiger partial charge in [-0.2, -0.15) is 0 Å². The number of benzene rings is 2. The number of halogens is 2. The minimum absolute atomic E-state index is 0.0471. The highest BCUT2D eigenvalue weighted by atomic mass is 19.1. The van der Waals surface area contributed by atoms with Crippen LogP contribution < -0.4 is 15.0 Å². The van der Waals surface area contributed by atoms with Gasteiger partial charge in [-0.3, -0.25) is 9.59 Å². The number of aromatic nitrogens is 1. The lowest BCUT2D eigenvalue weighted by Gasteiger charge is -2.19. The summed E-state index contributed by atoms with van der Waals surface area (Å²) in [5, 5.41) is 2.78. The topological polar surface area (TPSA) is 84.7 Å². The summed E-state index contributed by atoms with van der Waals surface area (Å²) in [6.07, 6.45) is 2.94. The number of oxazole rings is 1. The molecule has 166 valence electrons. The lowest BCUT2D eigenvalue weighted by atomic mass is 10.2. The summed E-state index contributed by atoms with van der Waals surface area (Å²) in [7, 11) is 1.51. The first kappa shape index (κ1) is 21.5. The second kappa shape index (κ2) is 9.17. The quantitative estimate of drug-likeness (QED) is 0.590. The number of ether oxygens (including phenoxy) is 1. The molecule has 0 aliphatic carbocycles. The molecule has 1 N–H and O–H groups in total. The van der Waals surface area contributed by atoms with Crippen molar-refractivity contribution in [1.29, 1.82) is 0 Å². The zero-order chi connectivity index (χ0) is 22.7. The molecule has 0 saturated carbocycles. The lowest BCUT2D eigenvalue weighted by molar-refractivity contribution is -0.117. The van der Waals surface area contributed by atoms with Gasteiger partial charge in [-0.15, -0.1) is 0 Å². The molecule has 0 atom stereocenters. The van der Waals surface area contributed by atoms with Gasteiger partial charge in [0.05, 0.1) is 24.6 Å². The van der Waals surface area contributed by atoms with Crippen LogP contribution in [0.5, 0.6) is 5.75 Å². The van der Waals surface area contributed by atoms with Gasteiger partial charge in [0.25, 0.3) is 0 Å². The maximum Gasteiger partial charge on any atom is 0.227 e. The van der Waals surface area contributed by atoms with E-state index in [4.69, 9.17) is 9.15 Å². The van der Waals surface area contributed by atoms with E-state index in [1.165, 1.54) is 19.4 Å². The number of carbonyl (C=O) groups is 2. The first-order valence-electron chi connectivity index (χ1n) is 10.1. The standard InChI is InChI=1S/C23H21F2N3O4/c1-31-19-12-15(5-7-18(19)28-10-2-3-23(28)30)27-21(29)8-9-22-26-13-20(32-22)16-6-4-14(24)11-17(16)25/h4-7,11-13H,2-3,8-10H2,1H3,(H,27,29). The van der Waals surface area contributed by atoms with Crippen LogP contribution in [0, 0.1) is 11.6 Å². The van der Waals surface area contributed by atoms with Gasteiger partial charge >= 0.3 is 0 Å². The van der Waals surface area contributed by atoms with Gasteiger partial charge in [0.15, 0.2) is 11.7 Å². The van der Waals surface area contributed by atoms with Crippen molar-refractivity contribution in [3.63, 3.8) is 0 Å². The number of aryl methyl sites for hydroxylation is 1. The van der Waals surface area contributed by atoms with Crippen LogP contribution in [-0.4, -0.2) is 30.5 Å². The van der Waals surface area contributed by atoms with Crippen LogP contribution >= 0.6 is 0 Å². The first-order chi connectivity index (χ1) is 15.4. The van der Waals surface area contributed by atoms with Crippen molar-refractivity contribution >= 4 is 23.2 Å². The lowest BCUT2D eigenvalue weighted by Crippen LogP contribution is -2.24. The van der Waals surface area contributed by atoms with Gasteiger partial charge in [-0.1, -0.05) is 0 Å². The molecule has 4 rings (SSSR count). The molecule has 0 bridgehead atoms. The van der Waals surface area contributed by atoms with Crippen molar-refractivity contribution in [2.45, 2.75) is 25.7 Å². The Bertz CT molecular complexity index is 1160. The Morgan fingerprint density at radius 1 is 1.25 bits per heavy atom. The number of amides is 2. The first-order valence-corrected chi connectivity index (χ1v) is 10.1. The molecule has 32 heavy (non-hydrogen) atoms. The molecule has 3 aromatic rings. The summed E-state index contributed by atoms with van der Waals surface area (Å²) in [6, 6.07) is 8.29. The third kappa shape index (κ3) is 4.61. The van der Waals surface area contributed by atoms with Gasteiger partial charge in [-0.05, 0) is 30.7 Å². The zero-order valence-corrected chi connectivity index (χ0v) is 17.4. The number of nitrogens with one attached hydrogen (secondary N) is 1. The van der Waals surface area contributed by atoms with Crippen molar-refractivity contribution in [1.82, 2.24) is 4.98 Å². The molecule has 0 radical (unpaired) electrons. The predicted octanol–water partition coefficient (Wildman–Crippen LogP) is 4.33. The van der Waals surface area contributed by atoms with Crippen LogP contribution in [0.4, 0.5) is 20.2 Å². The molecule has 1 aliphatic rings. The molecule has 2 aromatic carbocycles. The highest BCUT2D eigenvalue weighted by Gasteiger charge is 2.24. The second-order valence-electron chi connectivity index (χ2n) is 7.33. The Morgan fingerprint density at radius 3 is 2.81 bits per heavy atom. The van der Waals surface area contributed by atoms with Gasteiger partial charge in [0.2, 0.25) is 11.8 Å². The van der Waals surface area contributed by atoms with Gasteiger partial charge < -0.3 is 19.4 Å². The predicted molar refractivity (Wildman–Crippen MR) is 113 cm³/mol.